The summed E-state index contributed by atoms with van der Waals surface area (Å²) in [7, 11) is 0. The van der Waals surface area contributed by atoms with E-state index in [-0.39, 0.29) is 0 Å². The van der Waals surface area contributed by atoms with Crippen molar-refractivity contribution in [1.29, 1.82) is 0 Å². The topological polar surface area (TPSA) is 29.3 Å². The molecule has 8 aromatic carbocycles. The van der Waals surface area contributed by atoms with Gasteiger partial charge in [0.2, 0.25) is 0 Å². The van der Waals surface area contributed by atoms with Crippen LogP contribution < -0.4 is 4.90 Å². The first kappa shape index (κ1) is 31.3. The number of pyridine rings is 1. The molecule has 0 saturated heterocycles. The summed E-state index contributed by atoms with van der Waals surface area (Å²) in [5, 5.41) is 4.71. The molecule has 0 aliphatic heterocycles. The summed E-state index contributed by atoms with van der Waals surface area (Å²) in [5.41, 5.74) is 13.8. The van der Waals surface area contributed by atoms with Crippen molar-refractivity contribution in [2.45, 2.75) is 5.41 Å². The van der Waals surface area contributed by atoms with Gasteiger partial charge >= 0.3 is 0 Å². The van der Waals surface area contributed by atoms with E-state index in [1.54, 1.807) is 0 Å². The Hall–Kier alpha value is -7.23. The molecule has 0 saturated carbocycles. The third kappa shape index (κ3) is 4.73. The highest BCUT2D eigenvalue weighted by atomic mass is 16.3. The predicted octanol–water partition coefficient (Wildman–Crippen LogP) is 13.6. The van der Waals surface area contributed by atoms with Crippen LogP contribution in [0, 0.1) is 0 Å². The molecule has 1 aliphatic rings. The van der Waals surface area contributed by atoms with Crippen LogP contribution in [0.15, 0.2) is 211 Å². The van der Waals surface area contributed by atoms with Crippen LogP contribution in [0.2, 0.25) is 0 Å². The van der Waals surface area contributed by atoms with Crippen LogP contribution in [0.5, 0.6) is 0 Å². The predicted molar refractivity (Wildman–Crippen MR) is 226 cm³/mol. The maximum atomic E-state index is 6.53. The van der Waals surface area contributed by atoms with Crippen LogP contribution in [0.4, 0.5) is 17.1 Å². The van der Waals surface area contributed by atoms with Crippen molar-refractivity contribution in [2.75, 3.05) is 4.90 Å². The van der Waals surface area contributed by atoms with E-state index in [2.05, 4.69) is 187 Å². The molecule has 0 amide bonds. The van der Waals surface area contributed by atoms with Crippen molar-refractivity contribution < 1.29 is 4.42 Å². The smallest absolute Gasteiger partial charge is 0.159 e. The second-order valence-corrected chi connectivity index (χ2v) is 14.3. The largest absolute Gasteiger partial charge is 0.454 e. The fourth-order valence-electron chi connectivity index (χ4n) is 9.02. The van der Waals surface area contributed by atoms with E-state index in [0.717, 1.165) is 50.3 Å². The Bertz CT molecular complexity index is 2980. The third-order valence-electron chi connectivity index (χ3n) is 11.4. The summed E-state index contributed by atoms with van der Waals surface area (Å²) in [6, 6.07) is 71.7. The van der Waals surface area contributed by atoms with Gasteiger partial charge in [-0.1, -0.05) is 158 Å². The van der Waals surface area contributed by atoms with Crippen molar-refractivity contribution in [3.05, 3.63) is 229 Å². The van der Waals surface area contributed by atoms with E-state index in [1.807, 2.05) is 24.4 Å². The highest BCUT2D eigenvalue weighted by molar-refractivity contribution is 6.10. The summed E-state index contributed by atoms with van der Waals surface area (Å²) in [6.07, 6.45) is 1.99. The normalized spacial score (nSPS) is 12.9. The number of para-hydroxylation sites is 3. The molecule has 11 rings (SSSR count). The number of hydrogen-bond acceptors (Lipinski definition) is 3. The minimum Gasteiger partial charge on any atom is -0.454 e. The van der Waals surface area contributed by atoms with E-state index in [1.165, 1.54) is 44.2 Å². The van der Waals surface area contributed by atoms with Gasteiger partial charge in [-0.05, 0) is 86.6 Å². The molecular weight excluding hydrogens is 669 g/mol. The minimum absolute atomic E-state index is 0.511. The number of nitrogens with zero attached hydrogens (tertiary/aromatic N) is 2. The fraction of sp³-hybridized carbons (Fsp3) is 0.0192. The molecular formula is C52H34N2O. The molecule has 0 radical (unpaired) electrons. The molecule has 0 N–H and O–H groups in total. The molecule has 3 heteroatoms. The van der Waals surface area contributed by atoms with Crippen LogP contribution in [-0.2, 0) is 5.41 Å². The summed E-state index contributed by atoms with van der Waals surface area (Å²) in [4.78, 5) is 7.43. The highest BCUT2D eigenvalue weighted by Crippen LogP contribution is 2.58. The van der Waals surface area contributed by atoms with Gasteiger partial charge in [0, 0.05) is 22.0 Å². The molecule has 0 spiro atoms. The zero-order chi connectivity index (χ0) is 36.3. The Morgan fingerprint density at radius 2 is 1.15 bits per heavy atom. The Balaban J connectivity index is 1.09. The Kier molecular flexibility index (Phi) is 7.08. The summed E-state index contributed by atoms with van der Waals surface area (Å²) in [5.74, 6) is 0. The molecule has 55 heavy (non-hydrogen) atoms. The number of fused-ring (bicyclic) bond motifs is 8. The molecule has 1 aliphatic carbocycles. The zero-order valence-corrected chi connectivity index (χ0v) is 29.9. The first-order chi connectivity index (χ1) is 27.3. The third-order valence-corrected chi connectivity index (χ3v) is 11.4. The van der Waals surface area contributed by atoms with Gasteiger partial charge < -0.3 is 9.32 Å². The second kappa shape index (κ2) is 12.4. The number of anilines is 3. The Labute approximate surface area is 319 Å². The van der Waals surface area contributed by atoms with Crippen LogP contribution in [0.3, 0.4) is 0 Å². The lowest BCUT2D eigenvalue weighted by molar-refractivity contribution is 0.669. The monoisotopic (exact) mass is 702 g/mol. The van der Waals surface area contributed by atoms with Gasteiger partial charge in [-0.2, -0.15) is 0 Å². The standard InChI is InChI=1S/C52H34N2O/c1-4-16-37(17-5-1)52(38-18-6-2-7-19-38)45-31-28-35-15-10-11-22-41(35)50(45)44-30-27-36(33-46(44)52)47-32-29-40(34-53-47)54(39-20-8-3-9-21-39)48-25-14-24-43-42-23-12-13-26-49(42)55-51(43)48/h1-34H. The average molecular weight is 703 g/mol. The minimum atomic E-state index is -0.511. The molecule has 3 nitrogen and oxygen atoms in total. The van der Waals surface area contributed by atoms with Gasteiger partial charge in [-0.25, -0.2) is 0 Å². The Morgan fingerprint density at radius 1 is 0.473 bits per heavy atom. The van der Waals surface area contributed by atoms with Gasteiger partial charge in [-0.3, -0.25) is 4.98 Å². The second-order valence-electron chi connectivity index (χ2n) is 14.3. The number of furan rings is 1. The quantitative estimate of drug-likeness (QED) is 0.173. The maximum Gasteiger partial charge on any atom is 0.159 e. The van der Waals surface area contributed by atoms with Crippen LogP contribution in [0.1, 0.15) is 22.3 Å². The molecule has 10 aromatic rings. The molecule has 2 aromatic heterocycles. The summed E-state index contributed by atoms with van der Waals surface area (Å²) in [6.45, 7) is 0. The summed E-state index contributed by atoms with van der Waals surface area (Å²) >= 11 is 0. The number of hydrogen-bond donors (Lipinski definition) is 0. The number of benzene rings is 8. The highest BCUT2D eigenvalue weighted by Gasteiger charge is 2.46. The lowest BCUT2D eigenvalue weighted by atomic mass is 9.67. The first-order valence-electron chi connectivity index (χ1n) is 18.8. The number of aromatic nitrogens is 1. The number of rotatable bonds is 6. The van der Waals surface area contributed by atoms with Crippen molar-refractivity contribution >= 4 is 49.8 Å². The van der Waals surface area contributed by atoms with Crippen LogP contribution in [-0.4, -0.2) is 4.98 Å². The lowest BCUT2D eigenvalue weighted by Crippen LogP contribution is -2.28. The van der Waals surface area contributed by atoms with Gasteiger partial charge in [0.25, 0.3) is 0 Å². The maximum absolute atomic E-state index is 6.53. The van der Waals surface area contributed by atoms with Crippen LogP contribution in [0.25, 0.3) is 55.1 Å². The SMILES string of the molecule is c1ccc(N(c2ccc(-c3ccc4c(c3)C(c3ccccc3)(c3ccccc3)c3ccc5ccccc5c3-4)nc2)c2cccc3c2oc2ccccc23)cc1. The van der Waals surface area contributed by atoms with Crippen molar-refractivity contribution in [3.63, 3.8) is 0 Å². The average Bonchev–Trinajstić information content (AvgIpc) is 3.79. The van der Waals surface area contributed by atoms with Gasteiger partial charge in [0.05, 0.1) is 28.7 Å². The molecule has 0 atom stereocenters. The summed E-state index contributed by atoms with van der Waals surface area (Å²) < 4.78 is 6.53. The van der Waals surface area contributed by atoms with Gasteiger partial charge in [-0.15, -0.1) is 0 Å². The zero-order valence-electron chi connectivity index (χ0n) is 29.9. The molecule has 0 fully saturated rings. The van der Waals surface area contributed by atoms with E-state index < -0.39 is 5.41 Å². The molecule has 2 heterocycles. The fourth-order valence-corrected chi connectivity index (χ4v) is 9.02. The van der Waals surface area contributed by atoms with Crippen LogP contribution >= 0.6 is 0 Å². The molecule has 0 bridgehead atoms. The molecule has 0 unspecified atom stereocenters. The van der Waals surface area contributed by atoms with E-state index in [4.69, 9.17) is 9.40 Å². The van der Waals surface area contributed by atoms with Gasteiger partial charge in [0.1, 0.15) is 5.58 Å². The lowest BCUT2D eigenvalue weighted by Gasteiger charge is -2.34. The Morgan fingerprint density at radius 3 is 1.89 bits per heavy atom. The van der Waals surface area contributed by atoms with E-state index >= 15 is 0 Å². The van der Waals surface area contributed by atoms with Crippen molar-refractivity contribution in [3.8, 4) is 22.4 Å². The van der Waals surface area contributed by atoms with E-state index in [0.29, 0.717) is 0 Å². The van der Waals surface area contributed by atoms with E-state index in [9.17, 15) is 0 Å². The first-order valence-corrected chi connectivity index (χ1v) is 18.8. The van der Waals surface area contributed by atoms with Crippen molar-refractivity contribution in [2.24, 2.45) is 0 Å². The van der Waals surface area contributed by atoms with Gasteiger partial charge in [0.15, 0.2) is 5.58 Å². The molecule has 258 valence electrons. The van der Waals surface area contributed by atoms with Crippen molar-refractivity contribution in [1.82, 2.24) is 4.98 Å².